The molecule has 0 saturated carbocycles. The van der Waals surface area contributed by atoms with Crippen molar-refractivity contribution in [3.8, 4) is 5.75 Å². The van der Waals surface area contributed by atoms with Crippen molar-refractivity contribution in [1.82, 2.24) is 0 Å². The minimum atomic E-state index is 0.576. The Bertz CT molecular complexity index is 378. The lowest BCUT2D eigenvalue weighted by Gasteiger charge is -2.23. The van der Waals surface area contributed by atoms with E-state index in [0.29, 0.717) is 12.5 Å². The number of ether oxygens (including phenoxy) is 2. The van der Waals surface area contributed by atoms with Gasteiger partial charge in [0.1, 0.15) is 5.75 Å². The van der Waals surface area contributed by atoms with E-state index < -0.39 is 0 Å². The standard InChI is InChI=1S/C14H20ClNO2/c1-2-18-14-6-5-12(15)8-13(14)16-9-11-4-3-7-17-10-11/h5-6,8,11,16H,2-4,7,9-10H2,1H3. The first-order valence-electron chi connectivity index (χ1n) is 6.53. The van der Waals surface area contributed by atoms with Gasteiger partial charge in [-0.2, -0.15) is 0 Å². The summed E-state index contributed by atoms with van der Waals surface area (Å²) in [7, 11) is 0. The smallest absolute Gasteiger partial charge is 0.142 e. The molecule has 1 saturated heterocycles. The van der Waals surface area contributed by atoms with Crippen LogP contribution < -0.4 is 10.1 Å². The van der Waals surface area contributed by atoms with Crippen LogP contribution in [0.4, 0.5) is 5.69 Å². The Balaban J connectivity index is 1.95. The topological polar surface area (TPSA) is 30.5 Å². The third-order valence-electron chi connectivity index (χ3n) is 3.08. The average Bonchev–Trinajstić information content (AvgIpc) is 2.40. The van der Waals surface area contributed by atoms with Crippen LogP contribution in [0.3, 0.4) is 0 Å². The van der Waals surface area contributed by atoms with Crippen LogP contribution in [0.1, 0.15) is 19.8 Å². The summed E-state index contributed by atoms with van der Waals surface area (Å²) in [4.78, 5) is 0. The quantitative estimate of drug-likeness (QED) is 0.886. The molecule has 3 nitrogen and oxygen atoms in total. The maximum atomic E-state index is 6.02. The van der Waals surface area contributed by atoms with Gasteiger partial charge in [-0.1, -0.05) is 11.6 Å². The van der Waals surface area contributed by atoms with Crippen molar-refractivity contribution in [1.29, 1.82) is 0 Å². The molecule has 0 amide bonds. The van der Waals surface area contributed by atoms with Crippen LogP contribution in [0.15, 0.2) is 18.2 Å². The predicted octanol–water partition coefficient (Wildman–Crippen LogP) is 3.58. The molecule has 1 aromatic carbocycles. The third-order valence-corrected chi connectivity index (χ3v) is 3.31. The van der Waals surface area contributed by atoms with Gasteiger partial charge in [-0.05, 0) is 43.9 Å². The first-order valence-corrected chi connectivity index (χ1v) is 6.91. The summed E-state index contributed by atoms with van der Waals surface area (Å²) in [6.45, 7) is 5.28. The number of halogens is 1. The molecule has 18 heavy (non-hydrogen) atoms. The molecular weight excluding hydrogens is 250 g/mol. The van der Waals surface area contributed by atoms with E-state index in [1.807, 2.05) is 25.1 Å². The molecule has 0 radical (unpaired) electrons. The highest BCUT2D eigenvalue weighted by molar-refractivity contribution is 6.30. The highest BCUT2D eigenvalue weighted by Crippen LogP contribution is 2.28. The molecule has 0 spiro atoms. The van der Waals surface area contributed by atoms with E-state index in [0.717, 1.165) is 42.6 Å². The molecule has 2 rings (SSSR count). The van der Waals surface area contributed by atoms with Gasteiger partial charge in [0.15, 0.2) is 0 Å². The van der Waals surface area contributed by atoms with Gasteiger partial charge in [-0.25, -0.2) is 0 Å². The normalized spacial score (nSPS) is 19.6. The van der Waals surface area contributed by atoms with Gasteiger partial charge >= 0.3 is 0 Å². The van der Waals surface area contributed by atoms with Crippen LogP contribution in [-0.4, -0.2) is 26.4 Å². The van der Waals surface area contributed by atoms with Gasteiger partial charge in [0.25, 0.3) is 0 Å². The van der Waals surface area contributed by atoms with Crippen molar-refractivity contribution in [2.45, 2.75) is 19.8 Å². The van der Waals surface area contributed by atoms with Crippen LogP contribution in [0.25, 0.3) is 0 Å². The second kappa shape index (κ2) is 6.86. The van der Waals surface area contributed by atoms with Gasteiger partial charge in [0, 0.05) is 18.2 Å². The van der Waals surface area contributed by atoms with E-state index >= 15 is 0 Å². The number of hydrogen-bond donors (Lipinski definition) is 1. The molecule has 100 valence electrons. The molecule has 1 fully saturated rings. The van der Waals surface area contributed by atoms with Crippen molar-refractivity contribution in [3.05, 3.63) is 23.2 Å². The molecule has 0 aromatic heterocycles. The zero-order valence-electron chi connectivity index (χ0n) is 10.7. The Hall–Kier alpha value is -0.930. The zero-order chi connectivity index (χ0) is 12.8. The number of anilines is 1. The van der Waals surface area contributed by atoms with Crippen LogP contribution in [0.2, 0.25) is 5.02 Å². The zero-order valence-corrected chi connectivity index (χ0v) is 11.5. The lowest BCUT2D eigenvalue weighted by atomic mass is 10.0. The molecule has 1 unspecified atom stereocenters. The van der Waals surface area contributed by atoms with E-state index in [-0.39, 0.29) is 0 Å². The summed E-state index contributed by atoms with van der Waals surface area (Å²) < 4.78 is 11.1. The SMILES string of the molecule is CCOc1ccc(Cl)cc1NCC1CCCOC1. The largest absolute Gasteiger partial charge is 0.492 e. The van der Waals surface area contributed by atoms with Gasteiger partial charge < -0.3 is 14.8 Å². The molecule has 0 aliphatic carbocycles. The van der Waals surface area contributed by atoms with Crippen molar-refractivity contribution < 1.29 is 9.47 Å². The van der Waals surface area contributed by atoms with E-state index in [2.05, 4.69) is 5.32 Å². The number of benzene rings is 1. The summed E-state index contributed by atoms with van der Waals surface area (Å²) >= 11 is 6.02. The lowest BCUT2D eigenvalue weighted by Crippen LogP contribution is -2.24. The summed E-state index contributed by atoms with van der Waals surface area (Å²) in [5, 5.41) is 4.14. The van der Waals surface area contributed by atoms with Crippen LogP contribution in [0, 0.1) is 5.92 Å². The molecule has 1 aliphatic heterocycles. The third kappa shape index (κ3) is 3.79. The summed E-state index contributed by atoms with van der Waals surface area (Å²) in [6, 6.07) is 5.67. The number of nitrogens with one attached hydrogen (secondary N) is 1. The maximum absolute atomic E-state index is 6.02. The minimum absolute atomic E-state index is 0.576. The first-order chi connectivity index (χ1) is 8.79. The second-order valence-electron chi connectivity index (χ2n) is 4.54. The van der Waals surface area contributed by atoms with E-state index in [1.165, 1.54) is 6.42 Å². The molecule has 4 heteroatoms. The predicted molar refractivity (Wildman–Crippen MR) is 74.7 cm³/mol. The highest BCUT2D eigenvalue weighted by atomic mass is 35.5. The monoisotopic (exact) mass is 269 g/mol. The average molecular weight is 270 g/mol. The van der Waals surface area contributed by atoms with Gasteiger partial charge in [-0.15, -0.1) is 0 Å². The molecular formula is C14H20ClNO2. The van der Waals surface area contributed by atoms with Crippen LogP contribution >= 0.6 is 11.6 Å². The minimum Gasteiger partial charge on any atom is -0.492 e. The van der Waals surface area contributed by atoms with E-state index in [4.69, 9.17) is 21.1 Å². The molecule has 1 heterocycles. The molecule has 1 atom stereocenters. The lowest BCUT2D eigenvalue weighted by molar-refractivity contribution is 0.0595. The Morgan fingerprint density at radius 2 is 2.39 bits per heavy atom. The number of rotatable bonds is 5. The van der Waals surface area contributed by atoms with Crippen molar-refractivity contribution in [2.24, 2.45) is 5.92 Å². The highest BCUT2D eigenvalue weighted by Gasteiger charge is 2.14. The summed E-state index contributed by atoms with van der Waals surface area (Å²) in [5.41, 5.74) is 0.968. The fourth-order valence-corrected chi connectivity index (χ4v) is 2.32. The molecule has 0 bridgehead atoms. The summed E-state index contributed by atoms with van der Waals surface area (Å²) in [6.07, 6.45) is 2.37. The van der Waals surface area contributed by atoms with E-state index in [9.17, 15) is 0 Å². The van der Waals surface area contributed by atoms with Crippen molar-refractivity contribution in [2.75, 3.05) is 31.7 Å². The first kappa shape index (κ1) is 13.5. The number of hydrogen-bond acceptors (Lipinski definition) is 3. The van der Waals surface area contributed by atoms with E-state index in [1.54, 1.807) is 0 Å². The fraction of sp³-hybridized carbons (Fsp3) is 0.571. The van der Waals surface area contributed by atoms with Gasteiger partial charge in [0.05, 0.1) is 18.9 Å². The summed E-state index contributed by atoms with van der Waals surface area (Å²) in [5.74, 6) is 1.44. The molecule has 1 aromatic rings. The van der Waals surface area contributed by atoms with Crippen molar-refractivity contribution >= 4 is 17.3 Å². The fourth-order valence-electron chi connectivity index (χ4n) is 2.14. The Morgan fingerprint density at radius 1 is 1.50 bits per heavy atom. The molecule has 1 N–H and O–H groups in total. The molecule has 1 aliphatic rings. The van der Waals surface area contributed by atoms with Gasteiger partial charge in [-0.3, -0.25) is 0 Å². The Morgan fingerprint density at radius 3 is 3.11 bits per heavy atom. The maximum Gasteiger partial charge on any atom is 0.142 e. The second-order valence-corrected chi connectivity index (χ2v) is 4.97. The van der Waals surface area contributed by atoms with Crippen LogP contribution in [0.5, 0.6) is 5.75 Å². The van der Waals surface area contributed by atoms with Crippen molar-refractivity contribution in [3.63, 3.8) is 0 Å². The Labute approximate surface area is 113 Å². The Kier molecular flexibility index (Phi) is 5.14. The van der Waals surface area contributed by atoms with Crippen LogP contribution in [-0.2, 0) is 4.74 Å². The van der Waals surface area contributed by atoms with Gasteiger partial charge in [0.2, 0.25) is 0 Å².